The summed E-state index contributed by atoms with van der Waals surface area (Å²) in [5.74, 6) is 0.306. The second kappa shape index (κ2) is 7.02. The zero-order valence-corrected chi connectivity index (χ0v) is 15.9. The third-order valence-electron chi connectivity index (χ3n) is 6.24. The maximum atomic E-state index is 12.1. The Hall–Kier alpha value is -2.72. The standard InChI is InChI=1S/C24H24N2O2/c27-15-22(28)17-10-11-19-21(14-17)26-13-5-9-20-18(8-4-12-25-20)24(26)23(19)16-6-2-1-3-7-16/h4-5,8-12,14,16,27H,1-3,6-7,13,15H2. The highest BCUT2D eigenvalue weighted by Gasteiger charge is 2.28. The van der Waals surface area contributed by atoms with Gasteiger partial charge in [0.25, 0.3) is 0 Å². The quantitative estimate of drug-likeness (QED) is 0.662. The molecule has 0 atom stereocenters. The van der Waals surface area contributed by atoms with E-state index in [0.717, 1.165) is 17.8 Å². The fourth-order valence-electron chi connectivity index (χ4n) is 4.95. The van der Waals surface area contributed by atoms with E-state index in [1.807, 2.05) is 24.4 Å². The Bertz CT molecular complexity index is 1090. The van der Waals surface area contributed by atoms with Crippen LogP contribution >= 0.6 is 0 Å². The Morgan fingerprint density at radius 2 is 2.04 bits per heavy atom. The molecule has 2 aromatic heterocycles. The molecule has 0 spiro atoms. The van der Waals surface area contributed by atoms with Crippen LogP contribution in [-0.2, 0) is 6.54 Å². The second-order valence-corrected chi connectivity index (χ2v) is 7.86. The van der Waals surface area contributed by atoms with Crippen LogP contribution in [0, 0.1) is 0 Å². The molecule has 142 valence electrons. The van der Waals surface area contributed by atoms with Gasteiger partial charge in [0.15, 0.2) is 5.78 Å². The number of ketones is 1. The maximum absolute atomic E-state index is 12.1. The number of fused-ring (bicyclic) bond motifs is 5. The molecule has 3 heterocycles. The number of carbonyl (C=O) groups is 1. The Labute approximate surface area is 164 Å². The number of benzene rings is 1. The van der Waals surface area contributed by atoms with Crippen molar-refractivity contribution in [2.24, 2.45) is 0 Å². The molecule has 4 heteroatoms. The van der Waals surface area contributed by atoms with Crippen LogP contribution in [0.25, 0.3) is 28.2 Å². The van der Waals surface area contributed by atoms with Gasteiger partial charge in [0.05, 0.1) is 11.4 Å². The average Bonchev–Trinajstić information content (AvgIpc) is 2.95. The lowest BCUT2D eigenvalue weighted by molar-refractivity contribution is 0.0904. The molecule has 1 N–H and O–H groups in total. The molecule has 0 unspecified atom stereocenters. The molecule has 0 saturated heterocycles. The summed E-state index contributed by atoms with van der Waals surface area (Å²) >= 11 is 0. The topological polar surface area (TPSA) is 55.1 Å². The van der Waals surface area contributed by atoms with Crippen molar-refractivity contribution in [3.8, 4) is 11.3 Å². The highest BCUT2D eigenvalue weighted by Crippen LogP contribution is 2.45. The largest absolute Gasteiger partial charge is 0.388 e. The lowest BCUT2D eigenvalue weighted by Crippen LogP contribution is -2.07. The first kappa shape index (κ1) is 17.4. The van der Waals surface area contributed by atoms with Gasteiger partial charge in [-0.25, -0.2) is 0 Å². The minimum absolute atomic E-state index is 0.233. The van der Waals surface area contributed by atoms with Crippen LogP contribution in [0.2, 0.25) is 0 Å². The van der Waals surface area contributed by atoms with Gasteiger partial charge >= 0.3 is 0 Å². The van der Waals surface area contributed by atoms with Crippen molar-refractivity contribution in [3.63, 3.8) is 0 Å². The van der Waals surface area contributed by atoms with E-state index in [1.54, 1.807) is 0 Å². The van der Waals surface area contributed by atoms with E-state index < -0.39 is 6.61 Å². The van der Waals surface area contributed by atoms with E-state index in [9.17, 15) is 9.90 Å². The van der Waals surface area contributed by atoms with Crippen LogP contribution in [-0.4, -0.2) is 27.0 Å². The van der Waals surface area contributed by atoms with Crippen molar-refractivity contribution in [1.82, 2.24) is 9.55 Å². The number of carbonyl (C=O) groups excluding carboxylic acids is 1. The Balaban J connectivity index is 1.83. The molecular formula is C24H24N2O2. The summed E-state index contributed by atoms with van der Waals surface area (Å²) in [6.07, 6.45) is 12.4. The fourth-order valence-corrected chi connectivity index (χ4v) is 4.95. The summed E-state index contributed by atoms with van der Waals surface area (Å²) in [5, 5.41) is 10.5. The Morgan fingerprint density at radius 3 is 2.86 bits per heavy atom. The molecule has 0 radical (unpaired) electrons. The molecular weight excluding hydrogens is 348 g/mol. The van der Waals surface area contributed by atoms with Gasteiger partial charge in [-0.05, 0) is 48.6 Å². The van der Waals surface area contributed by atoms with Gasteiger partial charge in [-0.3, -0.25) is 9.78 Å². The summed E-state index contributed by atoms with van der Waals surface area (Å²) in [6, 6.07) is 10.1. The summed E-state index contributed by atoms with van der Waals surface area (Å²) in [5.41, 5.74) is 6.50. The predicted octanol–water partition coefficient (Wildman–Crippen LogP) is 4.95. The summed E-state index contributed by atoms with van der Waals surface area (Å²) in [7, 11) is 0. The predicted molar refractivity (Wildman–Crippen MR) is 111 cm³/mol. The average molecular weight is 372 g/mol. The lowest BCUT2D eigenvalue weighted by Gasteiger charge is -2.23. The molecule has 1 aromatic carbocycles. The van der Waals surface area contributed by atoms with Gasteiger partial charge in [0, 0.05) is 34.8 Å². The number of aromatic nitrogens is 2. The van der Waals surface area contributed by atoms with Crippen molar-refractivity contribution in [1.29, 1.82) is 0 Å². The summed E-state index contributed by atoms with van der Waals surface area (Å²) in [6.45, 7) is 0.299. The molecule has 0 bridgehead atoms. The number of hydrogen-bond acceptors (Lipinski definition) is 3. The number of pyridine rings is 1. The first-order chi connectivity index (χ1) is 13.8. The van der Waals surface area contributed by atoms with Crippen LogP contribution in [0.15, 0.2) is 42.6 Å². The van der Waals surface area contributed by atoms with Crippen molar-refractivity contribution in [3.05, 3.63) is 59.4 Å². The van der Waals surface area contributed by atoms with Crippen LogP contribution in [0.5, 0.6) is 0 Å². The fraction of sp³-hybridized carbons (Fsp3) is 0.333. The van der Waals surface area contributed by atoms with E-state index >= 15 is 0 Å². The van der Waals surface area contributed by atoms with Crippen LogP contribution in [0.4, 0.5) is 0 Å². The van der Waals surface area contributed by atoms with Gasteiger partial charge < -0.3 is 9.67 Å². The third-order valence-corrected chi connectivity index (χ3v) is 6.24. The van der Waals surface area contributed by atoms with E-state index in [2.05, 4.69) is 33.8 Å². The monoisotopic (exact) mass is 372 g/mol. The second-order valence-electron chi connectivity index (χ2n) is 7.86. The van der Waals surface area contributed by atoms with Gasteiger partial charge in [-0.15, -0.1) is 0 Å². The molecule has 1 aliphatic heterocycles. The first-order valence-electron chi connectivity index (χ1n) is 10.2. The normalized spacial score (nSPS) is 16.6. The smallest absolute Gasteiger partial charge is 0.188 e. The SMILES string of the molecule is O=C(CO)c1ccc2c(C3CCCCC3)c3n(c2c1)CC=Cc1ncccc1-3. The minimum Gasteiger partial charge on any atom is -0.388 e. The molecule has 2 aliphatic rings. The summed E-state index contributed by atoms with van der Waals surface area (Å²) in [4.78, 5) is 16.7. The number of Topliss-reactive ketones (excluding diaryl/α,β-unsaturated/α-hetero) is 1. The minimum atomic E-state index is -0.457. The summed E-state index contributed by atoms with van der Waals surface area (Å²) < 4.78 is 2.33. The lowest BCUT2D eigenvalue weighted by atomic mass is 9.81. The molecule has 0 amide bonds. The first-order valence-corrected chi connectivity index (χ1v) is 10.2. The number of hydrogen-bond donors (Lipinski definition) is 1. The zero-order chi connectivity index (χ0) is 19.1. The van der Waals surface area contributed by atoms with Crippen LogP contribution in [0.3, 0.4) is 0 Å². The Morgan fingerprint density at radius 1 is 1.18 bits per heavy atom. The van der Waals surface area contributed by atoms with Gasteiger partial charge in [-0.2, -0.15) is 0 Å². The highest BCUT2D eigenvalue weighted by molar-refractivity contribution is 6.02. The van der Waals surface area contributed by atoms with Crippen molar-refractivity contribution >= 4 is 22.8 Å². The molecule has 3 aromatic rings. The maximum Gasteiger partial charge on any atom is 0.188 e. The number of aliphatic hydroxyl groups excluding tert-OH is 1. The van der Waals surface area contributed by atoms with Crippen molar-refractivity contribution in [2.75, 3.05) is 6.61 Å². The van der Waals surface area contributed by atoms with Crippen LogP contribution < -0.4 is 0 Å². The third kappa shape index (κ3) is 2.71. The molecule has 28 heavy (non-hydrogen) atoms. The van der Waals surface area contributed by atoms with E-state index in [1.165, 1.54) is 54.3 Å². The van der Waals surface area contributed by atoms with Gasteiger partial charge in [0.1, 0.15) is 6.61 Å². The molecule has 4 nitrogen and oxygen atoms in total. The number of nitrogens with zero attached hydrogens (tertiary/aromatic N) is 2. The Kier molecular flexibility index (Phi) is 4.36. The number of rotatable bonds is 3. The zero-order valence-electron chi connectivity index (χ0n) is 15.9. The van der Waals surface area contributed by atoms with Gasteiger partial charge in [-0.1, -0.05) is 37.5 Å². The van der Waals surface area contributed by atoms with E-state index in [4.69, 9.17) is 0 Å². The van der Waals surface area contributed by atoms with E-state index in [-0.39, 0.29) is 5.78 Å². The number of allylic oxidation sites excluding steroid dienone is 1. The van der Waals surface area contributed by atoms with Gasteiger partial charge in [0.2, 0.25) is 0 Å². The van der Waals surface area contributed by atoms with Crippen LogP contribution in [0.1, 0.15) is 59.6 Å². The molecule has 5 rings (SSSR count). The molecule has 1 fully saturated rings. The molecule has 1 aliphatic carbocycles. The molecule has 1 saturated carbocycles. The highest BCUT2D eigenvalue weighted by atomic mass is 16.3. The number of aliphatic hydroxyl groups is 1. The van der Waals surface area contributed by atoms with E-state index in [0.29, 0.717) is 11.5 Å². The van der Waals surface area contributed by atoms with Crippen molar-refractivity contribution in [2.45, 2.75) is 44.6 Å². The van der Waals surface area contributed by atoms with Crippen molar-refractivity contribution < 1.29 is 9.90 Å².